The van der Waals surface area contributed by atoms with Crippen LogP contribution in [-0.2, 0) is 0 Å². The molecule has 29 heavy (non-hydrogen) atoms. The number of rotatable bonds is 5. The highest BCUT2D eigenvalue weighted by Gasteiger charge is 2.38. The fourth-order valence-corrected chi connectivity index (χ4v) is 4.27. The number of ether oxygens (including phenoxy) is 1. The van der Waals surface area contributed by atoms with Gasteiger partial charge in [-0.25, -0.2) is 9.97 Å². The topological polar surface area (TPSA) is 88.2 Å². The van der Waals surface area contributed by atoms with Crippen LogP contribution < -0.4 is 20.7 Å². The minimum atomic E-state index is -0.301. The summed E-state index contributed by atoms with van der Waals surface area (Å²) in [6, 6.07) is 7.39. The second-order valence-electron chi connectivity index (χ2n) is 8.72. The molecule has 0 spiro atoms. The Morgan fingerprint density at radius 1 is 1.24 bits per heavy atom. The van der Waals surface area contributed by atoms with Crippen LogP contribution in [0.25, 0.3) is 0 Å². The lowest BCUT2D eigenvalue weighted by Crippen LogP contribution is -2.62. The number of methoxy groups -OCH3 is 1. The molecule has 0 saturated carbocycles. The molecule has 1 fully saturated rings. The van der Waals surface area contributed by atoms with Crippen molar-refractivity contribution in [3.63, 3.8) is 0 Å². The Morgan fingerprint density at radius 2 is 1.93 bits per heavy atom. The number of nitrogens with one attached hydrogen (secondary N) is 3. The van der Waals surface area contributed by atoms with Gasteiger partial charge in [0.15, 0.2) is 5.69 Å². The van der Waals surface area contributed by atoms with E-state index in [2.05, 4.69) is 53.6 Å². The second kappa shape index (κ2) is 8.16. The quantitative estimate of drug-likeness (QED) is 0.683. The van der Waals surface area contributed by atoms with E-state index >= 15 is 0 Å². The van der Waals surface area contributed by atoms with Crippen molar-refractivity contribution in [3.8, 4) is 5.75 Å². The van der Waals surface area contributed by atoms with Gasteiger partial charge < -0.3 is 20.7 Å². The highest BCUT2D eigenvalue weighted by Crippen LogP contribution is 2.29. The molecular weight excluding hydrogens is 390 g/mol. The van der Waals surface area contributed by atoms with Crippen molar-refractivity contribution in [2.75, 3.05) is 12.4 Å². The van der Waals surface area contributed by atoms with E-state index in [1.54, 1.807) is 7.11 Å². The predicted octanol–water partition coefficient (Wildman–Crippen LogP) is 3.92. The van der Waals surface area contributed by atoms with E-state index in [9.17, 15) is 4.79 Å². The molecule has 0 aliphatic carbocycles. The van der Waals surface area contributed by atoms with E-state index in [0.717, 1.165) is 18.5 Å². The number of nitrogens with zero attached hydrogens (tertiary/aromatic N) is 2. The summed E-state index contributed by atoms with van der Waals surface area (Å²) in [6.45, 7) is 8.56. The van der Waals surface area contributed by atoms with Crippen molar-refractivity contribution in [1.29, 1.82) is 0 Å². The molecule has 0 unspecified atom stereocenters. The van der Waals surface area contributed by atoms with E-state index < -0.39 is 0 Å². The molecule has 1 aromatic carbocycles. The zero-order chi connectivity index (χ0) is 21.2. The number of amides is 1. The standard InChI is InChI=1S/C21H28ClN5O2/c1-20(2)10-14(11-21(3,4)27-20)24-18(28)17-16(22)12-23-19(26-17)25-13-7-6-8-15(9-13)29-5/h6-9,12,14,27H,10-11H2,1-5H3,(H,24,28)(H,23,25,26). The Hall–Kier alpha value is -2.38. The van der Waals surface area contributed by atoms with E-state index in [4.69, 9.17) is 16.3 Å². The first kappa shape index (κ1) is 21.3. The first-order chi connectivity index (χ1) is 13.6. The van der Waals surface area contributed by atoms with Crippen LogP contribution in [0.4, 0.5) is 11.6 Å². The number of anilines is 2. The molecule has 0 atom stereocenters. The van der Waals surface area contributed by atoms with Crippen LogP contribution in [0.2, 0.25) is 5.02 Å². The van der Waals surface area contributed by atoms with Gasteiger partial charge in [-0.3, -0.25) is 4.79 Å². The number of hydrogen-bond acceptors (Lipinski definition) is 6. The van der Waals surface area contributed by atoms with Crippen LogP contribution >= 0.6 is 11.6 Å². The largest absolute Gasteiger partial charge is 0.497 e. The Bertz CT molecular complexity index is 884. The van der Waals surface area contributed by atoms with E-state index in [1.165, 1.54) is 6.20 Å². The van der Waals surface area contributed by atoms with Gasteiger partial charge in [0.25, 0.3) is 5.91 Å². The van der Waals surface area contributed by atoms with Crippen LogP contribution in [0.3, 0.4) is 0 Å². The SMILES string of the molecule is COc1cccc(Nc2ncc(Cl)c(C(=O)NC3CC(C)(C)NC(C)(C)C3)n2)c1. The van der Waals surface area contributed by atoms with Gasteiger partial charge >= 0.3 is 0 Å². The fourth-order valence-electron chi connectivity index (χ4n) is 4.09. The molecule has 1 aliphatic heterocycles. The Balaban J connectivity index is 1.76. The lowest BCUT2D eigenvalue weighted by Gasteiger charge is -2.46. The molecule has 8 heteroatoms. The van der Waals surface area contributed by atoms with Crippen molar-refractivity contribution < 1.29 is 9.53 Å². The normalized spacial score (nSPS) is 18.1. The van der Waals surface area contributed by atoms with Gasteiger partial charge in [0.2, 0.25) is 5.95 Å². The van der Waals surface area contributed by atoms with E-state index in [0.29, 0.717) is 11.7 Å². The molecule has 156 valence electrons. The Labute approximate surface area is 176 Å². The predicted molar refractivity (Wildman–Crippen MR) is 115 cm³/mol. The van der Waals surface area contributed by atoms with Crippen molar-refractivity contribution in [3.05, 3.63) is 41.2 Å². The molecule has 3 N–H and O–H groups in total. The summed E-state index contributed by atoms with van der Waals surface area (Å²) in [7, 11) is 1.60. The van der Waals surface area contributed by atoms with Crippen LogP contribution in [-0.4, -0.2) is 40.1 Å². The third kappa shape index (κ3) is 5.58. The minimum Gasteiger partial charge on any atom is -0.497 e. The summed E-state index contributed by atoms with van der Waals surface area (Å²) in [5.41, 5.74) is 0.753. The maximum atomic E-state index is 12.9. The van der Waals surface area contributed by atoms with Crippen molar-refractivity contribution in [2.24, 2.45) is 0 Å². The van der Waals surface area contributed by atoms with Gasteiger partial charge in [0.1, 0.15) is 5.75 Å². The molecule has 2 heterocycles. The minimum absolute atomic E-state index is 0.0228. The van der Waals surface area contributed by atoms with Gasteiger partial charge in [0.05, 0.1) is 18.3 Å². The molecule has 1 aromatic heterocycles. The summed E-state index contributed by atoms with van der Waals surface area (Å²) in [5, 5.41) is 10.00. The average Bonchev–Trinajstić information content (AvgIpc) is 2.60. The second-order valence-corrected chi connectivity index (χ2v) is 9.13. The Morgan fingerprint density at radius 3 is 2.59 bits per heavy atom. The summed E-state index contributed by atoms with van der Waals surface area (Å²) in [5.74, 6) is 0.696. The van der Waals surface area contributed by atoms with Gasteiger partial charge in [-0.2, -0.15) is 0 Å². The maximum absolute atomic E-state index is 12.9. The van der Waals surface area contributed by atoms with Crippen molar-refractivity contribution >= 4 is 29.1 Å². The zero-order valence-corrected chi connectivity index (χ0v) is 18.2. The molecule has 1 saturated heterocycles. The monoisotopic (exact) mass is 417 g/mol. The molecule has 7 nitrogen and oxygen atoms in total. The van der Waals surface area contributed by atoms with Crippen LogP contribution in [0.5, 0.6) is 5.75 Å². The van der Waals surface area contributed by atoms with Gasteiger partial charge in [0, 0.05) is 28.9 Å². The van der Waals surface area contributed by atoms with E-state index in [-0.39, 0.29) is 33.7 Å². The third-order valence-electron chi connectivity index (χ3n) is 4.81. The zero-order valence-electron chi connectivity index (χ0n) is 17.5. The molecule has 1 aliphatic rings. The van der Waals surface area contributed by atoms with Gasteiger partial charge in [-0.15, -0.1) is 0 Å². The number of carbonyl (C=O) groups excluding carboxylic acids is 1. The summed E-state index contributed by atoms with van der Waals surface area (Å²) in [4.78, 5) is 21.4. The number of hydrogen-bond donors (Lipinski definition) is 3. The smallest absolute Gasteiger partial charge is 0.271 e. The molecule has 3 rings (SSSR count). The van der Waals surface area contributed by atoms with Crippen LogP contribution in [0.15, 0.2) is 30.5 Å². The first-order valence-corrected chi connectivity index (χ1v) is 9.98. The number of piperidine rings is 1. The number of benzene rings is 1. The molecule has 1 amide bonds. The summed E-state index contributed by atoms with van der Waals surface area (Å²) in [6.07, 6.45) is 3.07. The molecule has 0 bridgehead atoms. The van der Waals surface area contributed by atoms with Gasteiger partial charge in [-0.05, 0) is 52.7 Å². The highest BCUT2D eigenvalue weighted by molar-refractivity contribution is 6.33. The maximum Gasteiger partial charge on any atom is 0.271 e. The van der Waals surface area contributed by atoms with Gasteiger partial charge in [-0.1, -0.05) is 17.7 Å². The average molecular weight is 418 g/mol. The van der Waals surface area contributed by atoms with Crippen LogP contribution in [0, 0.1) is 0 Å². The lowest BCUT2D eigenvalue weighted by atomic mass is 9.79. The first-order valence-electron chi connectivity index (χ1n) is 9.61. The Kier molecular flexibility index (Phi) is 6.00. The summed E-state index contributed by atoms with van der Waals surface area (Å²) < 4.78 is 5.22. The lowest BCUT2D eigenvalue weighted by molar-refractivity contribution is 0.0868. The van der Waals surface area contributed by atoms with Crippen LogP contribution in [0.1, 0.15) is 51.0 Å². The molecule has 0 radical (unpaired) electrons. The fraction of sp³-hybridized carbons (Fsp3) is 0.476. The number of carbonyl (C=O) groups is 1. The van der Waals surface area contributed by atoms with Crippen molar-refractivity contribution in [2.45, 2.75) is 57.7 Å². The molecule has 2 aromatic rings. The van der Waals surface area contributed by atoms with E-state index in [1.807, 2.05) is 24.3 Å². The number of halogens is 1. The third-order valence-corrected chi connectivity index (χ3v) is 5.09. The molecular formula is C21H28ClN5O2. The summed E-state index contributed by atoms with van der Waals surface area (Å²) >= 11 is 6.23. The number of aromatic nitrogens is 2. The highest BCUT2D eigenvalue weighted by atomic mass is 35.5. The van der Waals surface area contributed by atoms with Crippen molar-refractivity contribution in [1.82, 2.24) is 20.6 Å².